The molecule has 0 unspecified atom stereocenters. The molecule has 0 radical (unpaired) electrons. The quantitative estimate of drug-likeness (QED) is 0.815. The molecule has 2 N–H and O–H groups in total. The van der Waals surface area contributed by atoms with Crippen molar-refractivity contribution in [3.63, 3.8) is 0 Å². The topological polar surface area (TPSA) is 29.8 Å². The third-order valence-electron chi connectivity index (χ3n) is 2.20. The third-order valence-corrected chi connectivity index (χ3v) is 2.20. The molecule has 1 aromatic heterocycles. The third kappa shape index (κ3) is 2.25. The van der Waals surface area contributed by atoms with E-state index in [2.05, 4.69) is 0 Å². The molecule has 1 heterocycles. The molecular weight excluding hydrogens is 193 g/mol. The second kappa shape index (κ2) is 4.28. The molecule has 0 amide bonds. The zero-order valence-corrected chi connectivity index (χ0v) is 8.53. The standard InChI is InChI=1S/C12H12FNO/c1-14-8-11-6-7-12(15-11)9-2-4-10(13)5-3-9/h2-7,14H,8H2,1H3/p+1. The Morgan fingerprint density at radius 1 is 1.13 bits per heavy atom. The summed E-state index contributed by atoms with van der Waals surface area (Å²) in [6.45, 7) is 0.821. The van der Waals surface area contributed by atoms with Crippen molar-refractivity contribution >= 4 is 0 Å². The zero-order chi connectivity index (χ0) is 10.7. The van der Waals surface area contributed by atoms with Gasteiger partial charge in [-0.25, -0.2) is 4.39 Å². The summed E-state index contributed by atoms with van der Waals surface area (Å²) in [5.74, 6) is 1.48. The van der Waals surface area contributed by atoms with E-state index in [1.165, 1.54) is 12.1 Å². The van der Waals surface area contributed by atoms with Crippen LogP contribution in [0, 0.1) is 5.82 Å². The first-order chi connectivity index (χ1) is 7.29. The molecule has 2 aromatic rings. The number of rotatable bonds is 3. The van der Waals surface area contributed by atoms with Crippen molar-refractivity contribution in [2.24, 2.45) is 0 Å². The molecule has 0 aliphatic rings. The lowest BCUT2D eigenvalue weighted by molar-refractivity contribution is -0.645. The van der Waals surface area contributed by atoms with Gasteiger partial charge in [0.1, 0.15) is 18.1 Å². The van der Waals surface area contributed by atoms with Gasteiger partial charge in [-0.2, -0.15) is 0 Å². The van der Waals surface area contributed by atoms with Crippen LogP contribution < -0.4 is 5.32 Å². The number of nitrogens with two attached hydrogens (primary N) is 1. The van der Waals surface area contributed by atoms with Gasteiger partial charge in [0.05, 0.1) is 7.05 Å². The van der Waals surface area contributed by atoms with E-state index in [0.717, 1.165) is 23.6 Å². The molecule has 0 aliphatic carbocycles. The Hall–Kier alpha value is -1.61. The van der Waals surface area contributed by atoms with Gasteiger partial charge in [0.15, 0.2) is 5.76 Å². The Morgan fingerprint density at radius 3 is 2.53 bits per heavy atom. The van der Waals surface area contributed by atoms with Crippen LogP contribution in [0.25, 0.3) is 11.3 Å². The molecule has 1 aromatic carbocycles. The van der Waals surface area contributed by atoms with Gasteiger partial charge in [-0.3, -0.25) is 0 Å². The normalized spacial score (nSPS) is 10.5. The molecule has 15 heavy (non-hydrogen) atoms. The minimum absolute atomic E-state index is 0.229. The monoisotopic (exact) mass is 206 g/mol. The van der Waals surface area contributed by atoms with Crippen molar-refractivity contribution < 1.29 is 14.1 Å². The fourth-order valence-corrected chi connectivity index (χ4v) is 1.46. The smallest absolute Gasteiger partial charge is 0.158 e. The summed E-state index contributed by atoms with van der Waals surface area (Å²) in [6.07, 6.45) is 0. The molecule has 0 aliphatic heterocycles. The average Bonchev–Trinajstić information content (AvgIpc) is 2.68. The van der Waals surface area contributed by atoms with Gasteiger partial charge in [0.2, 0.25) is 0 Å². The fraction of sp³-hybridized carbons (Fsp3) is 0.167. The second-order valence-electron chi connectivity index (χ2n) is 3.39. The molecule has 0 fully saturated rings. The summed E-state index contributed by atoms with van der Waals surface area (Å²) in [5.41, 5.74) is 0.902. The van der Waals surface area contributed by atoms with Gasteiger partial charge in [0, 0.05) is 5.56 Å². The highest BCUT2D eigenvalue weighted by Gasteiger charge is 2.04. The lowest BCUT2D eigenvalue weighted by Gasteiger charge is -1.96. The van der Waals surface area contributed by atoms with Crippen molar-refractivity contribution in [2.75, 3.05) is 7.05 Å². The van der Waals surface area contributed by atoms with Crippen molar-refractivity contribution in [3.05, 3.63) is 48.0 Å². The number of quaternary nitrogens is 1. The molecule has 0 spiro atoms. The first-order valence-electron chi connectivity index (χ1n) is 4.92. The maximum Gasteiger partial charge on any atom is 0.158 e. The summed E-state index contributed by atoms with van der Waals surface area (Å²) in [5, 5.41) is 2.03. The number of furan rings is 1. The molecular formula is C12H13FNO+. The number of hydrogen-bond acceptors (Lipinski definition) is 1. The minimum atomic E-state index is -0.229. The Labute approximate surface area is 87.7 Å². The zero-order valence-electron chi connectivity index (χ0n) is 8.53. The first kappa shape index (κ1) is 9.93. The summed E-state index contributed by atoms with van der Waals surface area (Å²) in [6, 6.07) is 10.2. The highest BCUT2D eigenvalue weighted by atomic mass is 19.1. The van der Waals surface area contributed by atoms with Crippen LogP contribution in [0.4, 0.5) is 4.39 Å². The minimum Gasteiger partial charge on any atom is -0.455 e. The Bertz CT molecular complexity index is 433. The van der Waals surface area contributed by atoms with Crippen LogP contribution in [0.1, 0.15) is 5.76 Å². The predicted molar refractivity (Wildman–Crippen MR) is 55.7 cm³/mol. The molecule has 2 nitrogen and oxygen atoms in total. The highest BCUT2D eigenvalue weighted by Crippen LogP contribution is 2.21. The van der Waals surface area contributed by atoms with Gasteiger partial charge in [-0.15, -0.1) is 0 Å². The maximum absolute atomic E-state index is 12.7. The maximum atomic E-state index is 12.7. The van der Waals surface area contributed by atoms with E-state index in [1.54, 1.807) is 12.1 Å². The van der Waals surface area contributed by atoms with Gasteiger partial charge < -0.3 is 9.73 Å². The second-order valence-corrected chi connectivity index (χ2v) is 3.39. The van der Waals surface area contributed by atoms with Crippen LogP contribution in [0.3, 0.4) is 0 Å². The van der Waals surface area contributed by atoms with Crippen LogP contribution in [0.2, 0.25) is 0 Å². The van der Waals surface area contributed by atoms with E-state index in [0.29, 0.717) is 0 Å². The van der Waals surface area contributed by atoms with Crippen molar-refractivity contribution in [3.8, 4) is 11.3 Å². The van der Waals surface area contributed by atoms with Gasteiger partial charge >= 0.3 is 0 Å². The molecule has 0 saturated carbocycles. The van der Waals surface area contributed by atoms with Crippen LogP contribution in [0.5, 0.6) is 0 Å². The van der Waals surface area contributed by atoms with Crippen LogP contribution >= 0.6 is 0 Å². The first-order valence-corrected chi connectivity index (χ1v) is 4.92. The van der Waals surface area contributed by atoms with E-state index in [-0.39, 0.29) is 5.82 Å². The average molecular weight is 206 g/mol. The molecule has 2 rings (SSSR count). The van der Waals surface area contributed by atoms with Crippen molar-refractivity contribution in [1.82, 2.24) is 0 Å². The molecule has 78 valence electrons. The summed E-state index contributed by atoms with van der Waals surface area (Å²) in [4.78, 5) is 0. The van der Waals surface area contributed by atoms with Gasteiger partial charge in [-0.1, -0.05) is 0 Å². The lowest BCUT2D eigenvalue weighted by Crippen LogP contribution is -2.77. The lowest BCUT2D eigenvalue weighted by atomic mass is 10.2. The van der Waals surface area contributed by atoms with Crippen LogP contribution in [-0.4, -0.2) is 7.05 Å². The van der Waals surface area contributed by atoms with E-state index in [1.807, 2.05) is 24.5 Å². The van der Waals surface area contributed by atoms with Crippen molar-refractivity contribution in [2.45, 2.75) is 6.54 Å². The Balaban J connectivity index is 2.25. The number of halogens is 1. The fourth-order valence-electron chi connectivity index (χ4n) is 1.46. The Morgan fingerprint density at radius 2 is 1.87 bits per heavy atom. The Kier molecular flexibility index (Phi) is 2.83. The number of benzene rings is 1. The predicted octanol–water partition coefficient (Wildman–Crippen LogP) is 1.78. The van der Waals surface area contributed by atoms with Crippen LogP contribution in [-0.2, 0) is 6.54 Å². The SMILES string of the molecule is C[NH2+]Cc1ccc(-c2ccc(F)cc2)o1. The van der Waals surface area contributed by atoms with E-state index in [4.69, 9.17) is 4.42 Å². The molecule has 0 saturated heterocycles. The summed E-state index contributed by atoms with van der Waals surface area (Å²) < 4.78 is 18.3. The summed E-state index contributed by atoms with van der Waals surface area (Å²) >= 11 is 0. The molecule has 3 heteroatoms. The largest absolute Gasteiger partial charge is 0.455 e. The molecule has 0 atom stereocenters. The van der Waals surface area contributed by atoms with Gasteiger partial charge in [-0.05, 0) is 36.4 Å². The van der Waals surface area contributed by atoms with E-state index in [9.17, 15) is 4.39 Å². The summed E-state index contributed by atoms with van der Waals surface area (Å²) in [7, 11) is 1.99. The van der Waals surface area contributed by atoms with E-state index < -0.39 is 0 Å². The highest BCUT2D eigenvalue weighted by molar-refractivity contribution is 5.57. The van der Waals surface area contributed by atoms with E-state index >= 15 is 0 Å². The van der Waals surface area contributed by atoms with Crippen molar-refractivity contribution in [1.29, 1.82) is 0 Å². The van der Waals surface area contributed by atoms with Gasteiger partial charge in [0.25, 0.3) is 0 Å². The van der Waals surface area contributed by atoms with Crippen LogP contribution in [0.15, 0.2) is 40.8 Å². The number of hydrogen-bond donors (Lipinski definition) is 1. The molecule has 0 bridgehead atoms.